The Morgan fingerprint density at radius 1 is 0.667 bits per heavy atom. The van der Waals surface area contributed by atoms with Crippen LogP contribution in [0.15, 0.2) is 0 Å². The van der Waals surface area contributed by atoms with Crippen LogP contribution in [0.1, 0.15) is 0 Å². The monoisotopic (exact) mass is 288 g/mol. The van der Waals surface area contributed by atoms with Gasteiger partial charge in [-0.1, -0.05) is 0 Å². The summed E-state index contributed by atoms with van der Waals surface area (Å²) in [6, 6.07) is 0. The van der Waals surface area contributed by atoms with Crippen molar-refractivity contribution in [2.45, 2.75) is 0 Å². The Kier molecular flexibility index (Phi) is 0.852. The number of rotatable bonds is 0. The van der Waals surface area contributed by atoms with Gasteiger partial charge in [0.25, 0.3) is 0 Å². The predicted octanol–water partition coefficient (Wildman–Crippen LogP) is -0.887. The fraction of sp³-hybridized carbons (Fsp3) is 0. The normalized spacial score (nSPS) is 31.1. The van der Waals surface area contributed by atoms with Gasteiger partial charge >= 0.3 is 59.7 Å². The van der Waals surface area contributed by atoms with Gasteiger partial charge in [-0.15, -0.1) is 0 Å². The summed E-state index contributed by atoms with van der Waals surface area (Å²) in [5.41, 5.74) is 0. The SMILES string of the molecule is [NH2][Rh]([NH2])([NH2])([NH2])([NH2])([Cl])([Cl])[Cl]. The van der Waals surface area contributed by atoms with Crippen molar-refractivity contribution in [2.75, 3.05) is 0 Å². The minimum absolute atomic E-state index is 4.89. The summed E-state index contributed by atoms with van der Waals surface area (Å²) in [6.45, 7) is 0. The van der Waals surface area contributed by atoms with E-state index < -0.39 is 8.29 Å². The Morgan fingerprint density at radius 2 is 0.667 bits per heavy atom. The third-order valence-corrected chi connectivity index (χ3v) is 0. The van der Waals surface area contributed by atoms with Gasteiger partial charge in [-0.05, 0) is 0 Å². The first-order chi connectivity index (χ1) is 2.83. The number of halogens is 3. The molecular weight excluding hydrogens is 279 g/mol. The van der Waals surface area contributed by atoms with Gasteiger partial charge in [-0.3, -0.25) is 0 Å². The van der Waals surface area contributed by atoms with Crippen LogP contribution in [0.25, 0.3) is 0 Å². The van der Waals surface area contributed by atoms with Crippen molar-refractivity contribution in [3.63, 3.8) is 0 Å². The zero-order chi connectivity index (χ0) is 8.35. The second kappa shape index (κ2) is 0.745. The molecule has 0 spiro atoms. The summed E-state index contributed by atoms with van der Waals surface area (Å²) in [6.07, 6.45) is 0. The number of hydrogen-bond acceptors (Lipinski definition) is 5. The van der Waals surface area contributed by atoms with E-state index in [1.165, 1.54) is 0 Å². The summed E-state index contributed by atoms with van der Waals surface area (Å²) in [5.74, 6) is 0. The molecule has 0 heterocycles. The molecule has 0 bridgehead atoms. The van der Waals surface area contributed by atoms with E-state index in [9.17, 15) is 0 Å². The molecule has 5 nitrogen and oxygen atoms in total. The average molecular weight is 289 g/mol. The van der Waals surface area contributed by atoms with Crippen LogP contribution in [0, 0.1) is 0 Å². The molecule has 0 atom stereocenters. The van der Waals surface area contributed by atoms with Crippen LogP contribution in [-0.4, -0.2) is 0 Å². The van der Waals surface area contributed by atoms with Gasteiger partial charge in [0.2, 0.25) is 0 Å². The number of nitrogens with two attached hydrogens (primary N) is 5. The summed E-state index contributed by atoms with van der Waals surface area (Å²) in [5, 5.41) is 0. The first-order valence-corrected chi connectivity index (χ1v) is 12.4. The molecule has 0 saturated heterocycles. The van der Waals surface area contributed by atoms with Crippen molar-refractivity contribution < 1.29 is 8.29 Å². The maximum atomic E-state index is 5.12. The van der Waals surface area contributed by atoms with E-state index in [2.05, 4.69) is 0 Å². The molecule has 0 radical (unpaired) electrons. The third kappa shape index (κ3) is 296. The molecule has 9 heteroatoms. The number of hydrogen-bond donors (Lipinski definition) is 5. The van der Waals surface area contributed by atoms with Crippen LogP contribution in [0.3, 0.4) is 0 Å². The molecule has 0 aromatic carbocycles. The molecule has 0 aromatic heterocycles. The molecule has 9 heavy (non-hydrogen) atoms. The van der Waals surface area contributed by atoms with E-state index in [-0.39, 0.29) is 0 Å². The van der Waals surface area contributed by atoms with Gasteiger partial charge < -0.3 is 0 Å². The van der Waals surface area contributed by atoms with Crippen LogP contribution < -0.4 is 22.4 Å². The van der Waals surface area contributed by atoms with Crippen LogP contribution in [0.2, 0.25) is 0 Å². The fourth-order valence-corrected chi connectivity index (χ4v) is 0. The van der Waals surface area contributed by atoms with Crippen molar-refractivity contribution in [3.8, 4) is 0 Å². The second-order valence-corrected chi connectivity index (χ2v) is 33.5. The van der Waals surface area contributed by atoms with Gasteiger partial charge in [-0.2, -0.15) is 0 Å². The molecule has 10 N–H and O–H groups in total. The van der Waals surface area contributed by atoms with Crippen molar-refractivity contribution in [2.24, 2.45) is 22.4 Å². The van der Waals surface area contributed by atoms with E-state index in [1.54, 1.807) is 0 Å². The van der Waals surface area contributed by atoms with E-state index in [1.807, 2.05) is 0 Å². The van der Waals surface area contributed by atoms with Gasteiger partial charge in [-0.25, -0.2) is 0 Å². The average Bonchev–Trinajstić information content (AvgIpc) is 0.503. The van der Waals surface area contributed by atoms with Crippen molar-refractivity contribution in [1.29, 1.82) is 0 Å². The molecule has 0 amide bonds. The minimum atomic E-state index is -7.17. The summed E-state index contributed by atoms with van der Waals surface area (Å²) in [7, 11) is 8.20. The van der Waals surface area contributed by atoms with Crippen LogP contribution in [-0.2, 0) is 8.29 Å². The van der Waals surface area contributed by atoms with Gasteiger partial charge in [0, 0.05) is 0 Å². The Bertz CT molecular complexity index is 147. The van der Waals surface area contributed by atoms with E-state index in [0.717, 1.165) is 0 Å². The van der Waals surface area contributed by atoms with Gasteiger partial charge in [0.15, 0.2) is 0 Å². The molecule has 0 unspecified atom stereocenters. The van der Waals surface area contributed by atoms with E-state index in [4.69, 9.17) is 51.5 Å². The first kappa shape index (κ1) is 10.3. The Hall–Kier alpha value is 1.29. The molecule has 0 rings (SSSR count). The summed E-state index contributed by atoms with van der Waals surface area (Å²) >= 11 is 0. The van der Waals surface area contributed by atoms with Crippen molar-refractivity contribution in [3.05, 3.63) is 0 Å². The zero-order valence-corrected chi connectivity index (χ0v) is 8.26. The van der Waals surface area contributed by atoms with Gasteiger partial charge in [0.05, 0.1) is 0 Å². The molecule has 0 aliphatic heterocycles. The van der Waals surface area contributed by atoms with Crippen LogP contribution >= 0.6 is 29.1 Å². The molecule has 0 fully saturated rings. The van der Waals surface area contributed by atoms with E-state index >= 15 is 0 Å². The van der Waals surface area contributed by atoms with Gasteiger partial charge in [0.1, 0.15) is 0 Å². The Morgan fingerprint density at radius 3 is 0.667 bits per heavy atom. The molecule has 65 valence electrons. The third-order valence-electron chi connectivity index (χ3n) is 0. The maximum absolute atomic E-state index is 7.17. The summed E-state index contributed by atoms with van der Waals surface area (Å²) < 4.78 is 24.4. The zero-order valence-electron chi connectivity index (χ0n) is 4.35. The Balaban J connectivity index is 5.84. The molecule has 0 aromatic rings. The van der Waals surface area contributed by atoms with Crippen molar-refractivity contribution in [1.82, 2.24) is 0 Å². The predicted molar refractivity (Wildman–Crippen MR) is 38.5 cm³/mol. The van der Waals surface area contributed by atoms with Crippen molar-refractivity contribution >= 4 is 29.1 Å². The second-order valence-electron chi connectivity index (χ2n) is 2.35. The topological polar surface area (TPSA) is 130 Å². The van der Waals surface area contributed by atoms with Crippen LogP contribution in [0.4, 0.5) is 0 Å². The molecule has 0 aliphatic carbocycles. The molecular formula is H10Cl3N5Rh. The standard InChI is InChI=1S/3ClH.5H2N.Rh/h3*1H;5*1H2;/q;;;5*-1;+8/p-3. The fourth-order valence-electron chi connectivity index (χ4n) is 0. The molecule has 0 aliphatic rings. The van der Waals surface area contributed by atoms with Crippen LogP contribution in [0.5, 0.6) is 0 Å². The Labute approximate surface area is 59.7 Å². The quantitative estimate of drug-likeness (QED) is 0.369. The van der Waals surface area contributed by atoms with E-state index in [0.29, 0.717) is 0 Å². The molecule has 0 saturated carbocycles. The summed E-state index contributed by atoms with van der Waals surface area (Å²) in [4.78, 5) is 0. The first-order valence-electron chi connectivity index (χ1n) is 1.34.